The lowest BCUT2D eigenvalue weighted by Crippen LogP contribution is -2.30. The molecule has 2 unspecified atom stereocenters. The van der Waals surface area contributed by atoms with E-state index in [1.165, 1.54) is 250 Å². The molecule has 0 saturated carbocycles. The van der Waals surface area contributed by atoms with Crippen LogP contribution < -0.4 is 0 Å². The molecule has 0 aromatic rings. The van der Waals surface area contributed by atoms with Gasteiger partial charge in [-0.1, -0.05) is 388 Å². The van der Waals surface area contributed by atoms with Gasteiger partial charge in [-0.25, -0.2) is 9.13 Å². The van der Waals surface area contributed by atoms with E-state index in [1.54, 1.807) is 0 Å². The van der Waals surface area contributed by atoms with Crippen LogP contribution in [0.5, 0.6) is 0 Å². The molecule has 0 aliphatic heterocycles. The first-order valence-electron chi connectivity index (χ1n) is 43.0. The van der Waals surface area contributed by atoms with Gasteiger partial charge in [0.1, 0.15) is 19.3 Å². The Morgan fingerprint density at radius 3 is 0.667 bits per heavy atom. The molecule has 0 aliphatic rings. The molecule has 102 heavy (non-hydrogen) atoms. The van der Waals surface area contributed by atoms with Crippen molar-refractivity contribution in [3.8, 4) is 0 Å². The van der Waals surface area contributed by atoms with Crippen molar-refractivity contribution >= 4 is 39.5 Å². The monoisotopic (exact) mass is 1490 g/mol. The van der Waals surface area contributed by atoms with Crippen LogP contribution >= 0.6 is 15.6 Å². The Labute approximate surface area is 626 Å². The number of phosphoric acid groups is 2. The van der Waals surface area contributed by atoms with E-state index in [4.69, 9.17) is 37.0 Å². The van der Waals surface area contributed by atoms with Crippen LogP contribution in [0.15, 0.2) is 0 Å². The number of esters is 4. The van der Waals surface area contributed by atoms with Crippen molar-refractivity contribution in [3.05, 3.63) is 0 Å². The number of hydrogen-bond acceptors (Lipinski definition) is 15. The Kier molecular flexibility index (Phi) is 73.1. The number of hydrogen-bond donors (Lipinski definition) is 3. The largest absolute Gasteiger partial charge is 0.472 e. The normalized spacial score (nSPS) is 13.9. The molecular weight excluding hydrogens is 1330 g/mol. The molecule has 0 radical (unpaired) electrons. The van der Waals surface area contributed by atoms with E-state index < -0.39 is 97.5 Å². The van der Waals surface area contributed by atoms with Crippen molar-refractivity contribution in [2.45, 2.75) is 458 Å². The summed E-state index contributed by atoms with van der Waals surface area (Å²) >= 11 is 0. The number of phosphoric ester groups is 2. The quantitative estimate of drug-likeness (QED) is 0.0222. The van der Waals surface area contributed by atoms with E-state index >= 15 is 0 Å². The van der Waals surface area contributed by atoms with Crippen LogP contribution in [0.4, 0.5) is 0 Å². The number of unbranched alkanes of at least 4 members (excludes halogenated alkanes) is 52. The lowest BCUT2D eigenvalue weighted by molar-refractivity contribution is -0.161. The van der Waals surface area contributed by atoms with Crippen molar-refractivity contribution in [1.82, 2.24) is 0 Å². The summed E-state index contributed by atoms with van der Waals surface area (Å²) in [6.07, 6.45) is 65.7. The zero-order valence-corrected chi connectivity index (χ0v) is 68.7. The first-order valence-corrected chi connectivity index (χ1v) is 46.0. The SMILES string of the molecule is CCCCCCCCCCCCCCCCCCCCCC(=O)O[C@H](COC(=O)CCCCCCC)COP(=O)(O)OC[C@H](O)COP(=O)(O)OC[C@@H](COC(=O)CCCCCCCCCCCCCCCCCCC(C)C)OC(=O)CCCCCCCCCCCCCCCCCCC(C)C. The number of carbonyl (C=O) groups excluding carboxylic acids is 4. The highest BCUT2D eigenvalue weighted by atomic mass is 31.2. The average molecular weight is 1490 g/mol. The Hall–Kier alpha value is -1.94. The predicted octanol–water partition coefficient (Wildman–Crippen LogP) is 25.1. The van der Waals surface area contributed by atoms with E-state index in [9.17, 15) is 43.2 Å². The van der Waals surface area contributed by atoms with Gasteiger partial charge in [-0.05, 0) is 37.5 Å². The molecule has 0 fully saturated rings. The summed E-state index contributed by atoms with van der Waals surface area (Å²) in [7, 11) is -9.91. The molecule has 17 nitrogen and oxygen atoms in total. The van der Waals surface area contributed by atoms with E-state index in [1.807, 2.05) is 0 Å². The van der Waals surface area contributed by atoms with Gasteiger partial charge in [0.25, 0.3) is 0 Å². The van der Waals surface area contributed by atoms with Gasteiger partial charge >= 0.3 is 39.5 Å². The summed E-state index contributed by atoms with van der Waals surface area (Å²) in [4.78, 5) is 72.8. The van der Waals surface area contributed by atoms with E-state index in [0.717, 1.165) is 108 Å². The van der Waals surface area contributed by atoms with Crippen LogP contribution in [0.25, 0.3) is 0 Å². The lowest BCUT2D eigenvalue weighted by atomic mass is 10.0. The van der Waals surface area contributed by atoms with E-state index in [0.29, 0.717) is 25.7 Å². The summed E-state index contributed by atoms with van der Waals surface area (Å²) in [6, 6.07) is 0. The number of aliphatic hydroxyl groups is 1. The Morgan fingerprint density at radius 1 is 0.265 bits per heavy atom. The van der Waals surface area contributed by atoms with Crippen molar-refractivity contribution in [2.75, 3.05) is 39.6 Å². The fraction of sp³-hybridized carbons (Fsp3) is 0.952. The highest BCUT2D eigenvalue weighted by Crippen LogP contribution is 2.45. The van der Waals surface area contributed by atoms with Crippen molar-refractivity contribution in [1.29, 1.82) is 0 Å². The molecule has 606 valence electrons. The van der Waals surface area contributed by atoms with Gasteiger partial charge < -0.3 is 33.8 Å². The third-order valence-corrected chi connectivity index (χ3v) is 21.4. The summed E-state index contributed by atoms with van der Waals surface area (Å²) < 4.78 is 68.6. The highest BCUT2D eigenvalue weighted by molar-refractivity contribution is 7.47. The van der Waals surface area contributed by atoms with Gasteiger partial charge in [-0.2, -0.15) is 0 Å². The topological polar surface area (TPSA) is 237 Å². The minimum absolute atomic E-state index is 0.108. The maximum absolute atomic E-state index is 13.1. The summed E-state index contributed by atoms with van der Waals surface area (Å²) in [6.45, 7) is 9.62. The molecule has 0 bridgehead atoms. The Bertz CT molecular complexity index is 1960. The second kappa shape index (κ2) is 74.5. The molecule has 5 atom stereocenters. The molecule has 3 N–H and O–H groups in total. The molecule has 0 amide bonds. The number of ether oxygens (including phenoxy) is 4. The number of aliphatic hydroxyl groups excluding tert-OH is 1. The maximum atomic E-state index is 13.1. The van der Waals surface area contributed by atoms with Crippen LogP contribution in [0, 0.1) is 11.8 Å². The third kappa shape index (κ3) is 76.3. The standard InChI is InChI=1S/C83H162O17P2/c1-7-9-11-13-14-15-16-17-18-19-20-21-29-34-39-44-49-55-61-67-82(87)99-78(71-93-80(85)65-59-51-12-10-8-2)73-97-101(89,90)95-69-77(84)70-96-102(91,92)98-74-79(100-83(88)68-62-56-50-45-40-35-30-25-23-27-32-37-42-47-53-58-64-76(5)6)72-94-81(86)66-60-54-48-43-38-33-28-24-22-26-31-36-41-46-52-57-63-75(3)4/h75-79,84H,7-74H2,1-6H3,(H,89,90)(H,91,92)/t77-,78+,79+/m0/s1. The van der Waals surface area contributed by atoms with E-state index in [-0.39, 0.29) is 25.7 Å². The fourth-order valence-corrected chi connectivity index (χ4v) is 14.5. The smallest absolute Gasteiger partial charge is 0.462 e. The van der Waals surface area contributed by atoms with Crippen molar-refractivity contribution in [3.63, 3.8) is 0 Å². The lowest BCUT2D eigenvalue weighted by Gasteiger charge is -2.21. The Balaban J connectivity index is 5.10. The van der Waals surface area contributed by atoms with Gasteiger partial charge in [-0.15, -0.1) is 0 Å². The molecule has 0 aliphatic carbocycles. The van der Waals surface area contributed by atoms with Gasteiger partial charge in [0.2, 0.25) is 0 Å². The van der Waals surface area contributed by atoms with Gasteiger partial charge in [0.05, 0.1) is 26.4 Å². The second-order valence-corrected chi connectivity index (χ2v) is 33.7. The maximum Gasteiger partial charge on any atom is 0.472 e. The van der Waals surface area contributed by atoms with E-state index in [2.05, 4.69) is 41.5 Å². The number of carbonyl (C=O) groups is 4. The third-order valence-electron chi connectivity index (χ3n) is 19.5. The summed E-state index contributed by atoms with van der Waals surface area (Å²) in [5.41, 5.74) is 0. The van der Waals surface area contributed by atoms with Crippen molar-refractivity contribution in [2.24, 2.45) is 11.8 Å². The van der Waals surface area contributed by atoms with Crippen LogP contribution in [0.1, 0.15) is 440 Å². The minimum Gasteiger partial charge on any atom is -0.462 e. The Morgan fingerprint density at radius 2 is 0.451 bits per heavy atom. The average Bonchev–Trinajstić information content (AvgIpc) is 0.919. The number of rotatable bonds is 82. The summed E-state index contributed by atoms with van der Waals surface area (Å²) in [5.74, 6) is -0.496. The van der Waals surface area contributed by atoms with Crippen LogP contribution in [0.3, 0.4) is 0 Å². The molecule has 0 rings (SSSR count). The molecule has 0 aromatic heterocycles. The second-order valence-electron chi connectivity index (χ2n) is 30.8. The van der Waals surface area contributed by atoms with Gasteiger partial charge in [0.15, 0.2) is 12.2 Å². The fourth-order valence-electron chi connectivity index (χ4n) is 12.9. The van der Waals surface area contributed by atoms with Crippen LogP contribution in [-0.4, -0.2) is 96.7 Å². The summed E-state index contributed by atoms with van der Waals surface area (Å²) in [5, 5.41) is 10.6. The zero-order valence-electron chi connectivity index (χ0n) is 66.9. The van der Waals surface area contributed by atoms with Gasteiger partial charge in [0, 0.05) is 25.7 Å². The molecule has 19 heteroatoms. The molecule has 0 saturated heterocycles. The molecule has 0 spiro atoms. The molecule has 0 aromatic carbocycles. The van der Waals surface area contributed by atoms with Gasteiger partial charge in [-0.3, -0.25) is 37.3 Å². The van der Waals surface area contributed by atoms with Crippen molar-refractivity contribution < 1.29 is 80.2 Å². The van der Waals surface area contributed by atoms with Crippen LogP contribution in [-0.2, 0) is 65.4 Å². The molecular formula is C83H162O17P2. The zero-order chi connectivity index (χ0) is 74.9. The van der Waals surface area contributed by atoms with Crippen LogP contribution in [0.2, 0.25) is 0 Å². The predicted molar refractivity (Wildman–Crippen MR) is 418 cm³/mol. The highest BCUT2D eigenvalue weighted by Gasteiger charge is 2.30. The first-order chi connectivity index (χ1) is 49.4. The first kappa shape index (κ1) is 100. The molecule has 0 heterocycles. The minimum atomic E-state index is -4.96.